The second-order valence-corrected chi connectivity index (χ2v) is 5.37. The molecule has 1 aromatic carbocycles. The Bertz CT molecular complexity index is 551. The standard InChI is InChI=1S/C14H18BrN3O/c1-3-6-18-9-12(8-17-18)19-14-5-4-11(10(2)16)7-13(14)15/h4-5,7-10H,3,6,16H2,1-2H3/t10-/m0/s1. The van der Waals surface area contributed by atoms with E-state index in [0.29, 0.717) is 0 Å². The van der Waals surface area contributed by atoms with Crippen molar-refractivity contribution in [1.82, 2.24) is 9.78 Å². The van der Waals surface area contributed by atoms with E-state index in [9.17, 15) is 0 Å². The number of nitrogens with zero attached hydrogens (tertiary/aromatic N) is 2. The molecule has 0 saturated heterocycles. The smallest absolute Gasteiger partial charge is 0.165 e. The van der Waals surface area contributed by atoms with Gasteiger partial charge in [0.2, 0.25) is 0 Å². The number of nitrogens with two attached hydrogens (primary N) is 1. The van der Waals surface area contributed by atoms with E-state index in [1.807, 2.05) is 36.0 Å². The summed E-state index contributed by atoms with van der Waals surface area (Å²) in [6.45, 7) is 4.97. The summed E-state index contributed by atoms with van der Waals surface area (Å²) in [4.78, 5) is 0. The third-order valence-corrected chi connectivity index (χ3v) is 3.39. The number of aromatic nitrogens is 2. The summed E-state index contributed by atoms with van der Waals surface area (Å²) in [5, 5.41) is 4.23. The van der Waals surface area contributed by atoms with Crippen molar-refractivity contribution in [3.8, 4) is 11.5 Å². The van der Waals surface area contributed by atoms with Gasteiger partial charge in [0.1, 0.15) is 5.75 Å². The van der Waals surface area contributed by atoms with Crippen LogP contribution in [-0.2, 0) is 6.54 Å². The zero-order valence-electron chi connectivity index (χ0n) is 11.1. The molecular formula is C14H18BrN3O. The Kier molecular flexibility index (Phi) is 4.61. The van der Waals surface area contributed by atoms with Crippen molar-refractivity contribution in [2.75, 3.05) is 0 Å². The summed E-state index contributed by atoms with van der Waals surface area (Å²) in [6, 6.07) is 5.88. The SMILES string of the molecule is CCCn1cc(Oc2ccc([C@H](C)N)cc2Br)cn1. The molecule has 1 aromatic heterocycles. The number of benzene rings is 1. The Hall–Kier alpha value is -1.33. The van der Waals surface area contributed by atoms with E-state index in [4.69, 9.17) is 10.5 Å². The molecule has 1 heterocycles. The third kappa shape index (κ3) is 3.58. The normalized spacial score (nSPS) is 12.4. The molecule has 0 bridgehead atoms. The lowest BCUT2D eigenvalue weighted by molar-refractivity contribution is 0.477. The summed E-state index contributed by atoms with van der Waals surface area (Å²) in [6.07, 6.45) is 4.67. The van der Waals surface area contributed by atoms with Gasteiger partial charge in [0, 0.05) is 12.6 Å². The molecular weight excluding hydrogens is 306 g/mol. The monoisotopic (exact) mass is 323 g/mol. The van der Waals surface area contributed by atoms with Gasteiger partial charge in [0.15, 0.2) is 5.75 Å². The highest BCUT2D eigenvalue weighted by molar-refractivity contribution is 9.10. The molecule has 0 aliphatic rings. The molecule has 2 aromatic rings. The highest BCUT2D eigenvalue weighted by Crippen LogP contribution is 2.31. The van der Waals surface area contributed by atoms with Crippen molar-refractivity contribution >= 4 is 15.9 Å². The number of hydrogen-bond acceptors (Lipinski definition) is 3. The first-order valence-corrected chi connectivity index (χ1v) is 7.14. The van der Waals surface area contributed by atoms with Crippen molar-refractivity contribution in [2.45, 2.75) is 32.9 Å². The molecule has 2 N–H and O–H groups in total. The van der Waals surface area contributed by atoms with Crippen LogP contribution in [0.15, 0.2) is 35.1 Å². The lowest BCUT2D eigenvalue weighted by Crippen LogP contribution is -2.04. The second-order valence-electron chi connectivity index (χ2n) is 4.52. The minimum atomic E-state index is 0.0117. The van der Waals surface area contributed by atoms with Crippen molar-refractivity contribution in [1.29, 1.82) is 0 Å². The Morgan fingerprint density at radius 1 is 1.47 bits per heavy atom. The van der Waals surface area contributed by atoms with Crippen LogP contribution in [0.3, 0.4) is 0 Å². The Morgan fingerprint density at radius 2 is 2.26 bits per heavy atom. The molecule has 5 heteroatoms. The molecule has 0 saturated carbocycles. The van der Waals surface area contributed by atoms with Crippen molar-refractivity contribution in [3.05, 3.63) is 40.6 Å². The molecule has 0 radical (unpaired) electrons. The van der Waals surface area contributed by atoms with Gasteiger partial charge in [0.25, 0.3) is 0 Å². The van der Waals surface area contributed by atoms with Crippen LogP contribution in [0.2, 0.25) is 0 Å². The van der Waals surface area contributed by atoms with Crippen LogP contribution in [0.5, 0.6) is 11.5 Å². The maximum absolute atomic E-state index is 5.85. The molecule has 0 aliphatic carbocycles. The molecule has 0 fully saturated rings. The van der Waals surface area contributed by atoms with Crippen LogP contribution in [0, 0.1) is 0 Å². The van der Waals surface area contributed by atoms with E-state index in [-0.39, 0.29) is 6.04 Å². The maximum Gasteiger partial charge on any atom is 0.165 e. The fraction of sp³-hybridized carbons (Fsp3) is 0.357. The van der Waals surface area contributed by atoms with Gasteiger partial charge in [-0.1, -0.05) is 13.0 Å². The highest BCUT2D eigenvalue weighted by atomic mass is 79.9. The zero-order valence-corrected chi connectivity index (χ0v) is 12.7. The molecule has 0 unspecified atom stereocenters. The first-order valence-electron chi connectivity index (χ1n) is 6.35. The fourth-order valence-electron chi connectivity index (χ4n) is 1.76. The average Bonchev–Trinajstić information content (AvgIpc) is 2.79. The molecule has 102 valence electrons. The number of rotatable bonds is 5. The van der Waals surface area contributed by atoms with Gasteiger partial charge < -0.3 is 10.5 Å². The van der Waals surface area contributed by atoms with Crippen LogP contribution in [0.1, 0.15) is 31.9 Å². The van der Waals surface area contributed by atoms with Gasteiger partial charge in [0.05, 0.1) is 16.9 Å². The summed E-state index contributed by atoms with van der Waals surface area (Å²) in [5.74, 6) is 1.50. The van der Waals surface area contributed by atoms with Gasteiger partial charge in [-0.2, -0.15) is 5.10 Å². The first kappa shape index (κ1) is 14.1. The van der Waals surface area contributed by atoms with Crippen molar-refractivity contribution in [3.63, 3.8) is 0 Å². The predicted molar refractivity (Wildman–Crippen MR) is 79.3 cm³/mol. The van der Waals surface area contributed by atoms with E-state index < -0.39 is 0 Å². The summed E-state index contributed by atoms with van der Waals surface area (Å²) >= 11 is 3.50. The number of hydrogen-bond donors (Lipinski definition) is 1. The van der Waals surface area contributed by atoms with Gasteiger partial charge in [-0.15, -0.1) is 0 Å². The lowest BCUT2D eigenvalue weighted by Gasteiger charge is -2.10. The van der Waals surface area contributed by atoms with Gasteiger partial charge >= 0.3 is 0 Å². The first-order chi connectivity index (χ1) is 9.10. The summed E-state index contributed by atoms with van der Waals surface area (Å²) < 4.78 is 8.57. The quantitative estimate of drug-likeness (QED) is 0.908. The minimum Gasteiger partial charge on any atom is -0.453 e. The largest absolute Gasteiger partial charge is 0.453 e. The molecule has 2 rings (SSSR count). The number of ether oxygens (including phenoxy) is 1. The van der Waals surface area contributed by atoms with Gasteiger partial charge in [-0.05, 0) is 47.0 Å². The van der Waals surface area contributed by atoms with Crippen LogP contribution < -0.4 is 10.5 Å². The Labute approximate surface area is 121 Å². The van der Waals surface area contributed by atoms with Gasteiger partial charge in [-0.25, -0.2) is 0 Å². The van der Waals surface area contributed by atoms with Crippen LogP contribution in [0.4, 0.5) is 0 Å². The molecule has 0 aliphatic heterocycles. The molecule has 19 heavy (non-hydrogen) atoms. The van der Waals surface area contributed by atoms with E-state index in [1.54, 1.807) is 6.20 Å². The fourth-order valence-corrected chi connectivity index (χ4v) is 2.24. The Morgan fingerprint density at radius 3 is 2.89 bits per heavy atom. The molecule has 1 atom stereocenters. The van der Waals surface area contributed by atoms with E-state index in [2.05, 4.69) is 28.0 Å². The molecule has 0 spiro atoms. The number of halogens is 1. The second kappa shape index (κ2) is 6.21. The maximum atomic E-state index is 5.85. The van der Waals surface area contributed by atoms with E-state index in [0.717, 1.165) is 34.5 Å². The van der Waals surface area contributed by atoms with Gasteiger partial charge in [-0.3, -0.25) is 4.68 Å². The zero-order chi connectivity index (χ0) is 13.8. The summed E-state index contributed by atoms with van der Waals surface area (Å²) in [7, 11) is 0. The van der Waals surface area contributed by atoms with Crippen LogP contribution >= 0.6 is 15.9 Å². The Balaban J connectivity index is 2.13. The molecule has 0 amide bonds. The van der Waals surface area contributed by atoms with Crippen LogP contribution in [0.25, 0.3) is 0 Å². The topological polar surface area (TPSA) is 53.1 Å². The lowest BCUT2D eigenvalue weighted by atomic mass is 10.1. The number of aryl methyl sites for hydroxylation is 1. The highest BCUT2D eigenvalue weighted by Gasteiger charge is 2.07. The molecule has 4 nitrogen and oxygen atoms in total. The van der Waals surface area contributed by atoms with Crippen molar-refractivity contribution in [2.24, 2.45) is 5.73 Å². The van der Waals surface area contributed by atoms with Crippen molar-refractivity contribution < 1.29 is 4.74 Å². The van der Waals surface area contributed by atoms with E-state index >= 15 is 0 Å². The third-order valence-electron chi connectivity index (χ3n) is 2.77. The average molecular weight is 324 g/mol. The van der Waals surface area contributed by atoms with E-state index in [1.165, 1.54) is 0 Å². The van der Waals surface area contributed by atoms with Crippen LogP contribution in [-0.4, -0.2) is 9.78 Å². The predicted octanol–water partition coefficient (Wildman–Crippen LogP) is 3.87. The summed E-state index contributed by atoms with van der Waals surface area (Å²) in [5.41, 5.74) is 6.92. The minimum absolute atomic E-state index is 0.0117.